The first-order valence-corrected chi connectivity index (χ1v) is 4.48. The summed E-state index contributed by atoms with van der Waals surface area (Å²) < 4.78 is 9.64. The Balaban J connectivity index is 2.68. The molecule has 0 saturated carbocycles. The van der Waals surface area contributed by atoms with Crippen molar-refractivity contribution in [3.05, 3.63) is 24.0 Å². The molecule has 0 aliphatic rings. The van der Waals surface area contributed by atoms with Gasteiger partial charge in [0.15, 0.2) is 6.10 Å². The maximum atomic E-state index is 11.0. The molecule has 0 aliphatic heterocycles. The molecule has 0 amide bonds. The third-order valence-electron chi connectivity index (χ3n) is 1.80. The Kier molecular flexibility index (Phi) is 3.82. The van der Waals surface area contributed by atoms with Crippen LogP contribution < -0.4 is 4.74 Å². The molecule has 86 valence electrons. The highest BCUT2D eigenvalue weighted by atomic mass is 16.6. The number of carboxylic acid groups (broad SMARTS) is 1. The van der Waals surface area contributed by atoms with Gasteiger partial charge in [-0.2, -0.15) is 0 Å². The Bertz CT molecular complexity index is 387. The van der Waals surface area contributed by atoms with Crippen molar-refractivity contribution >= 4 is 11.9 Å². The second-order valence-corrected chi connectivity index (χ2v) is 2.97. The van der Waals surface area contributed by atoms with Gasteiger partial charge < -0.3 is 14.6 Å². The van der Waals surface area contributed by atoms with Crippen LogP contribution in [-0.4, -0.2) is 35.2 Å². The third-order valence-corrected chi connectivity index (χ3v) is 1.80. The van der Waals surface area contributed by atoms with Crippen molar-refractivity contribution in [3.8, 4) is 5.75 Å². The lowest BCUT2D eigenvalue weighted by atomic mass is 10.3. The van der Waals surface area contributed by atoms with Crippen molar-refractivity contribution < 1.29 is 24.2 Å². The second-order valence-electron chi connectivity index (χ2n) is 2.97. The van der Waals surface area contributed by atoms with E-state index in [1.165, 1.54) is 32.4 Å². The van der Waals surface area contributed by atoms with Crippen molar-refractivity contribution in [2.24, 2.45) is 0 Å². The number of esters is 1. The number of methoxy groups -OCH3 is 1. The van der Waals surface area contributed by atoms with Crippen molar-refractivity contribution in [3.63, 3.8) is 0 Å². The van der Waals surface area contributed by atoms with E-state index in [9.17, 15) is 9.59 Å². The molecule has 16 heavy (non-hydrogen) atoms. The van der Waals surface area contributed by atoms with E-state index in [1.807, 2.05) is 0 Å². The maximum absolute atomic E-state index is 11.0. The molecule has 0 saturated heterocycles. The van der Waals surface area contributed by atoms with Gasteiger partial charge in [-0.3, -0.25) is 0 Å². The summed E-state index contributed by atoms with van der Waals surface area (Å²) >= 11 is 0. The quantitative estimate of drug-likeness (QED) is 0.760. The van der Waals surface area contributed by atoms with Crippen molar-refractivity contribution in [2.45, 2.75) is 13.0 Å². The van der Waals surface area contributed by atoms with Gasteiger partial charge in [-0.05, 0) is 19.1 Å². The molecule has 0 aliphatic carbocycles. The number of carbonyl (C=O) groups is 2. The van der Waals surface area contributed by atoms with E-state index >= 15 is 0 Å². The molecule has 1 unspecified atom stereocenters. The zero-order chi connectivity index (χ0) is 12.1. The van der Waals surface area contributed by atoms with Gasteiger partial charge in [0.2, 0.25) is 0 Å². The van der Waals surface area contributed by atoms with E-state index in [0.29, 0.717) is 5.75 Å². The molecule has 0 radical (unpaired) electrons. The molecule has 0 bridgehead atoms. The number of ether oxygens (including phenoxy) is 2. The smallest absolute Gasteiger partial charge is 0.354 e. The Morgan fingerprint density at radius 3 is 2.56 bits per heavy atom. The van der Waals surface area contributed by atoms with Crippen LogP contribution in [0.15, 0.2) is 18.3 Å². The van der Waals surface area contributed by atoms with Crippen LogP contribution in [-0.2, 0) is 9.53 Å². The zero-order valence-corrected chi connectivity index (χ0v) is 8.84. The molecule has 1 N–H and O–H groups in total. The van der Waals surface area contributed by atoms with Gasteiger partial charge in [0.1, 0.15) is 11.4 Å². The molecule has 0 aromatic carbocycles. The molecule has 6 heteroatoms. The molecular formula is C10H11NO5. The number of aromatic nitrogens is 1. The van der Waals surface area contributed by atoms with Gasteiger partial charge in [0, 0.05) is 0 Å². The highest BCUT2D eigenvalue weighted by Gasteiger charge is 2.15. The summed E-state index contributed by atoms with van der Waals surface area (Å²) in [7, 11) is 1.26. The first-order valence-electron chi connectivity index (χ1n) is 4.48. The largest absolute Gasteiger partial charge is 0.477 e. The molecular weight excluding hydrogens is 214 g/mol. The van der Waals surface area contributed by atoms with Crippen LogP contribution in [0.4, 0.5) is 0 Å². The highest BCUT2D eigenvalue weighted by molar-refractivity contribution is 5.85. The molecule has 1 atom stereocenters. The van der Waals surface area contributed by atoms with Crippen LogP contribution in [0, 0.1) is 0 Å². The highest BCUT2D eigenvalue weighted by Crippen LogP contribution is 2.11. The van der Waals surface area contributed by atoms with Crippen molar-refractivity contribution in [2.75, 3.05) is 7.11 Å². The van der Waals surface area contributed by atoms with E-state index in [-0.39, 0.29) is 5.69 Å². The van der Waals surface area contributed by atoms with Gasteiger partial charge in [-0.1, -0.05) is 0 Å². The first-order chi connectivity index (χ1) is 7.54. The molecule has 0 fully saturated rings. The number of carboxylic acids is 1. The number of hydrogen-bond donors (Lipinski definition) is 1. The summed E-state index contributed by atoms with van der Waals surface area (Å²) in [6, 6.07) is 2.72. The van der Waals surface area contributed by atoms with Gasteiger partial charge in [-0.15, -0.1) is 0 Å². The number of hydrogen-bond acceptors (Lipinski definition) is 5. The van der Waals surface area contributed by atoms with E-state index in [2.05, 4.69) is 9.72 Å². The fourth-order valence-electron chi connectivity index (χ4n) is 0.995. The van der Waals surface area contributed by atoms with Crippen LogP contribution in [0.5, 0.6) is 5.75 Å². The topological polar surface area (TPSA) is 85.7 Å². The average molecular weight is 225 g/mol. The minimum Gasteiger partial charge on any atom is -0.477 e. The molecule has 6 nitrogen and oxygen atoms in total. The fourth-order valence-corrected chi connectivity index (χ4v) is 0.995. The lowest BCUT2D eigenvalue weighted by molar-refractivity contribution is -0.147. The van der Waals surface area contributed by atoms with Crippen molar-refractivity contribution in [1.29, 1.82) is 0 Å². The second kappa shape index (κ2) is 5.11. The summed E-state index contributed by atoms with van der Waals surface area (Å²) in [4.78, 5) is 25.2. The predicted molar refractivity (Wildman–Crippen MR) is 53.3 cm³/mol. The van der Waals surface area contributed by atoms with Crippen LogP contribution >= 0.6 is 0 Å². The fraction of sp³-hybridized carbons (Fsp3) is 0.300. The summed E-state index contributed by atoms with van der Waals surface area (Å²) in [6.45, 7) is 1.52. The van der Waals surface area contributed by atoms with Crippen LogP contribution in [0.2, 0.25) is 0 Å². The number of rotatable bonds is 4. The van der Waals surface area contributed by atoms with Crippen LogP contribution in [0.1, 0.15) is 17.4 Å². The van der Waals surface area contributed by atoms with Gasteiger partial charge in [-0.25, -0.2) is 14.6 Å². The standard InChI is InChI=1S/C10H11NO5/c1-6(10(14)15-2)16-7-3-4-8(9(12)13)11-5-7/h3-6H,1-2H3,(H,12,13). The monoisotopic (exact) mass is 225 g/mol. The van der Waals surface area contributed by atoms with E-state index in [1.54, 1.807) is 0 Å². The predicted octanol–water partition coefficient (Wildman–Crippen LogP) is 0.720. The van der Waals surface area contributed by atoms with Gasteiger partial charge in [0.05, 0.1) is 13.3 Å². The lowest BCUT2D eigenvalue weighted by Crippen LogP contribution is -2.24. The minimum atomic E-state index is -1.12. The van der Waals surface area contributed by atoms with Crippen LogP contribution in [0.3, 0.4) is 0 Å². The normalized spacial score (nSPS) is 11.6. The summed E-state index contributed by atoms with van der Waals surface area (Å²) in [5.41, 5.74) is -0.0851. The van der Waals surface area contributed by atoms with Gasteiger partial charge >= 0.3 is 11.9 Å². The minimum absolute atomic E-state index is 0.0851. The Hall–Kier alpha value is -2.11. The number of nitrogens with zero attached hydrogens (tertiary/aromatic N) is 1. The Morgan fingerprint density at radius 1 is 1.44 bits per heavy atom. The zero-order valence-electron chi connectivity index (χ0n) is 8.84. The van der Waals surface area contributed by atoms with E-state index in [0.717, 1.165) is 0 Å². The van der Waals surface area contributed by atoms with E-state index in [4.69, 9.17) is 9.84 Å². The molecule has 0 spiro atoms. The average Bonchev–Trinajstić information content (AvgIpc) is 2.28. The van der Waals surface area contributed by atoms with E-state index < -0.39 is 18.0 Å². The Morgan fingerprint density at radius 2 is 2.12 bits per heavy atom. The molecule has 1 aromatic heterocycles. The molecule has 1 heterocycles. The number of pyridine rings is 1. The number of aromatic carboxylic acids is 1. The first kappa shape index (κ1) is 12.0. The number of carbonyl (C=O) groups excluding carboxylic acids is 1. The summed E-state index contributed by atoms with van der Waals surface area (Å²) in [5.74, 6) is -1.32. The molecule has 1 aromatic rings. The molecule has 1 rings (SSSR count). The summed E-state index contributed by atoms with van der Waals surface area (Å²) in [5, 5.41) is 8.61. The SMILES string of the molecule is COC(=O)C(C)Oc1ccc(C(=O)O)nc1. The van der Waals surface area contributed by atoms with Crippen LogP contribution in [0.25, 0.3) is 0 Å². The van der Waals surface area contributed by atoms with Gasteiger partial charge in [0.25, 0.3) is 0 Å². The van der Waals surface area contributed by atoms with Crippen molar-refractivity contribution in [1.82, 2.24) is 4.98 Å². The maximum Gasteiger partial charge on any atom is 0.354 e. The summed E-state index contributed by atoms with van der Waals surface area (Å²) in [6.07, 6.45) is 0.477. The lowest BCUT2D eigenvalue weighted by Gasteiger charge is -2.11. The third kappa shape index (κ3) is 2.94. The Labute approximate surface area is 91.8 Å².